The molecular weight excluding hydrogens is 286 g/mol. The van der Waals surface area contributed by atoms with Gasteiger partial charge in [0.2, 0.25) is 0 Å². The van der Waals surface area contributed by atoms with Crippen LogP contribution < -0.4 is 0 Å². The first-order chi connectivity index (χ1) is 10.1. The Morgan fingerprint density at radius 2 is 2.33 bits per heavy atom. The van der Waals surface area contributed by atoms with Crippen LogP contribution in [0.4, 0.5) is 0 Å². The van der Waals surface area contributed by atoms with E-state index in [0.717, 1.165) is 30.2 Å². The van der Waals surface area contributed by atoms with E-state index in [1.54, 1.807) is 11.3 Å². The van der Waals surface area contributed by atoms with Crippen molar-refractivity contribution in [2.24, 2.45) is 0 Å². The van der Waals surface area contributed by atoms with Crippen LogP contribution in [-0.2, 0) is 28.9 Å². The summed E-state index contributed by atoms with van der Waals surface area (Å²) in [4.78, 5) is 19.9. The van der Waals surface area contributed by atoms with E-state index in [9.17, 15) is 4.79 Å². The van der Waals surface area contributed by atoms with Gasteiger partial charge >= 0.3 is 5.97 Å². The molecule has 1 aliphatic heterocycles. The molecule has 0 saturated carbocycles. The second kappa shape index (κ2) is 5.77. The van der Waals surface area contributed by atoms with Crippen LogP contribution >= 0.6 is 11.3 Å². The van der Waals surface area contributed by atoms with E-state index < -0.39 is 0 Å². The largest absolute Gasteiger partial charge is 0.466 e. The van der Waals surface area contributed by atoms with Crippen LogP contribution in [0.25, 0.3) is 4.96 Å². The van der Waals surface area contributed by atoms with Gasteiger partial charge in [0.25, 0.3) is 0 Å². The fourth-order valence-electron chi connectivity index (χ4n) is 2.83. The number of carbonyl (C=O) groups is 1. The Bertz CT molecular complexity index is 659. The van der Waals surface area contributed by atoms with Crippen LogP contribution in [-0.4, -0.2) is 39.4 Å². The van der Waals surface area contributed by atoms with Gasteiger partial charge in [-0.3, -0.25) is 14.1 Å². The second-order valence-corrected chi connectivity index (χ2v) is 6.48. The first kappa shape index (κ1) is 14.5. The minimum Gasteiger partial charge on any atom is -0.466 e. The van der Waals surface area contributed by atoms with Crippen molar-refractivity contribution in [3.8, 4) is 0 Å². The van der Waals surface area contributed by atoms with E-state index in [1.807, 2.05) is 12.3 Å². The monoisotopic (exact) mass is 307 g/mol. The van der Waals surface area contributed by atoms with Gasteiger partial charge in [0.15, 0.2) is 4.96 Å². The van der Waals surface area contributed by atoms with E-state index in [0.29, 0.717) is 19.1 Å². The summed E-state index contributed by atoms with van der Waals surface area (Å²) in [6.07, 6.45) is 1.30. The van der Waals surface area contributed by atoms with Crippen LogP contribution in [0.5, 0.6) is 0 Å². The lowest BCUT2D eigenvalue weighted by Crippen LogP contribution is -2.36. The molecule has 0 amide bonds. The number of esters is 1. The van der Waals surface area contributed by atoms with Crippen LogP contribution in [0.3, 0.4) is 0 Å². The van der Waals surface area contributed by atoms with Crippen LogP contribution in [0.2, 0.25) is 0 Å². The quantitative estimate of drug-likeness (QED) is 0.813. The van der Waals surface area contributed by atoms with Crippen LogP contribution in [0.15, 0.2) is 5.38 Å². The molecular formula is C15H21N3O2S. The summed E-state index contributed by atoms with van der Waals surface area (Å²) in [6.45, 7) is 8.66. The molecule has 0 bridgehead atoms. The first-order valence-corrected chi connectivity index (χ1v) is 8.34. The number of imidazole rings is 1. The number of nitrogens with zero attached hydrogens (tertiary/aromatic N) is 3. The Morgan fingerprint density at radius 3 is 3.05 bits per heavy atom. The molecule has 2 aromatic rings. The van der Waals surface area contributed by atoms with Gasteiger partial charge in [-0.2, -0.15) is 0 Å². The smallest absolute Gasteiger partial charge is 0.311 e. The van der Waals surface area contributed by atoms with Gasteiger partial charge in [0, 0.05) is 36.6 Å². The van der Waals surface area contributed by atoms with Crippen molar-refractivity contribution in [1.29, 1.82) is 0 Å². The molecule has 3 heterocycles. The molecule has 0 aliphatic carbocycles. The zero-order valence-electron chi connectivity index (χ0n) is 12.8. The number of ether oxygens (including phenoxy) is 1. The molecule has 3 rings (SSSR count). The molecule has 0 aromatic carbocycles. The zero-order chi connectivity index (χ0) is 15.0. The lowest BCUT2D eigenvalue weighted by molar-refractivity contribution is -0.142. The molecule has 6 heteroatoms. The minimum absolute atomic E-state index is 0.170. The number of fused-ring (bicyclic) bond motifs is 3. The van der Waals surface area contributed by atoms with Crippen molar-refractivity contribution in [2.75, 3.05) is 13.2 Å². The fraction of sp³-hybridized carbons (Fsp3) is 0.600. The maximum atomic E-state index is 11.8. The van der Waals surface area contributed by atoms with Crippen molar-refractivity contribution in [3.05, 3.63) is 22.5 Å². The van der Waals surface area contributed by atoms with Gasteiger partial charge in [0.05, 0.1) is 24.4 Å². The lowest BCUT2D eigenvalue weighted by Gasteiger charge is -2.30. The summed E-state index contributed by atoms with van der Waals surface area (Å²) < 4.78 is 7.22. The number of carbonyl (C=O) groups excluding carboxylic acids is 1. The normalized spacial score (nSPS) is 15.6. The van der Waals surface area contributed by atoms with Crippen LogP contribution in [0.1, 0.15) is 37.9 Å². The molecule has 21 heavy (non-hydrogen) atoms. The molecule has 0 unspecified atom stereocenters. The molecule has 0 N–H and O–H groups in total. The summed E-state index contributed by atoms with van der Waals surface area (Å²) >= 11 is 1.60. The number of hydrogen-bond donors (Lipinski definition) is 0. The highest BCUT2D eigenvalue weighted by atomic mass is 32.1. The molecule has 5 nitrogen and oxygen atoms in total. The summed E-state index contributed by atoms with van der Waals surface area (Å²) in [5, 5.41) is 2.02. The van der Waals surface area contributed by atoms with E-state index in [1.165, 1.54) is 11.4 Å². The average Bonchev–Trinajstić information content (AvgIpc) is 2.98. The van der Waals surface area contributed by atoms with Crippen molar-refractivity contribution in [1.82, 2.24) is 14.3 Å². The summed E-state index contributed by atoms with van der Waals surface area (Å²) in [7, 11) is 0. The Kier molecular flexibility index (Phi) is 3.99. The standard InChI is InChI=1S/C15H21N3O2S/c1-4-20-14(19)7-11-9-21-15-16-12-5-6-17(10(2)3)8-13(12)18(11)15/h9-10H,4-8H2,1-3H3. The molecule has 0 atom stereocenters. The highest BCUT2D eigenvalue weighted by molar-refractivity contribution is 7.15. The van der Waals surface area contributed by atoms with Crippen molar-refractivity contribution >= 4 is 22.3 Å². The van der Waals surface area contributed by atoms with Gasteiger partial charge in [-0.15, -0.1) is 11.3 Å². The second-order valence-electron chi connectivity index (χ2n) is 5.65. The number of thiazole rings is 1. The lowest BCUT2D eigenvalue weighted by atomic mass is 10.1. The van der Waals surface area contributed by atoms with E-state index in [2.05, 4.69) is 23.1 Å². The molecule has 0 spiro atoms. The summed E-state index contributed by atoms with van der Waals surface area (Å²) in [6, 6.07) is 0.524. The van der Waals surface area contributed by atoms with E-state index in [4.69, 9.17) is 9.72 Å². The zero-order valence-corrected chi connectivity index (χ0v) is 13.6. The fourth-order valence-corrected chi connectivity index (χ4v) is 3.75. The van der Waals surface area contributed by atoms with Crippen LogP contribution in [0, 0.1) is 0 Å². The number of aromatic nitrogens is 2. The van der Waals surface area contributed by atoms with Gasteiger partial charge in [-0.1, -0.05) is 0 Å². The first-order valence-electron chi connectivity index (χ1n) is 7.46. The molecule has 0 radical (unpaired) electrons. The molecule has 0 saturated heterocycles. The van der Waals surface area contributed by atoms with Crippen molar-refractivity contribution in [3.63, 3.8) is 0 Å². The van der Waals surface area contributed by atoms with Crippen molar-refractivity contribution in [2.45, 2.75) is 46.2 Å². The number of hydrogen-bond acceptors (Lipinski definition) is 5. The molecule has 2 aromatic heterocycles. The van der Waals surface area contributed by atoms with E-state index >= 15 is 0 Å². The van der Waals surface area contributed by atoms with E-state index in [-0.39, 0.29) is 5.97 Å². The minimum atomic E-state index is -0.170. The van der Waals surface area contributed by atoms with Gasteiger partial charge < -0.3 is 4.74 Å². The third kappa shape index (κ3) is 2.70. The molecule has 0 fully saturated rings. The Hall–Kier alpha value is -1.40. The summed E-state index contributed by atoms with van der Waals surface area (Å²) in [5.74, 6) is -0.170. The predicted octanol–water partition coefficient (Wildman–Crippen LogP) is 2.27. The maximum absolute atomic E-state index is 11.8. The third-order valence-electron chi connectivity index (χ3n) is 3.96. The molecule has 114 valence electrons. The van der Waals surface area contributed by atoms with Gasteiger partial charge in [-0.25, -0.2) is 4.98 Å². The topological polar surface area (TPSA) is 46.8 Å². The highest BCUT2D eigenvalue weighted by Gasteiger charge is 2.25. The average molecular weight is 307 g/mol. The summed E-state index contributed by atoms with van der Waals surface area (Å²) in [5.41, 5.74) is 3.42. The maximum Gasteiger partial charge on any atom is 0.311 e. The number of rotatable bonds is 4. The SMILES string of the molecule is CCOC(=O)Cc1csc2nc3c(n12)CN(C(C)C)CC3. The van der Waals surface area contributed by atoms with Crippen molar-refractivity contribution < 1.29 is 9.53 Å². The van der Waals surface area contributed by atoms with Gasteiger partial charge in [-0.05, 0) is 20.8 Å². The Morgan fingerprint density at radius 1 is 1.52 bits per heavy atom. The predicted molar refractivity (Wildman–Crippen MR) is 82.7 cm³/mol. The van der Waals surface area contributed by atoms with Gasteiger partial charge in [0.1, 0.15) is 0 Å². The third-order valence-corrected chi connectivity index (χ3v) is 4.84. The Balaban J connectivity index is 1.94. The highest BCUT2D eigenvalue weighted by Crippen LogP contribution is 2.27. The molecule has 1 aliphatic rings. The Labute approximate surface area is 128 Å².